The van der Waals surface area contributed by atoms with Crippen LogP contribution in [-0.2, 0) is 11.8 Å². The van der Waals surface area contributed by atoms with Gasteiger partial charge in [-0.25, -0.2) is 0 Å². The second-order valence-electron chi connectivity index (χ2n) is 4.75. The van der Waals surface area contributed by atoms with Crippen LogP contribution in [0.4, 0.5) is 11.4 Å². The fourth-order valence-corrected chi connectivity index (χ4v) is 2.11. The molecule has 0 aliphatic heterocycles. The zero-order valence-corrected chi connectivity index (χ0v) is 12.2. The monoisotopic (exact) mass is 292 g/mol. The molecule has 2 rings (SSSR count). The van der Waals surface area contributed by atoms with Crippen molar-refractivity contribution in [1.82, 2.24) is 9.55 Å². The van der Waals surface area contributed by atoms with Crippen LogP contribution < -0.4 is 22.2 Å². The molecule has 2 aromatic rings. The van der Waals surface area contributed by atoms with E-state index < -0.39 is 11.1 Å². The van der Waals surface area contributed by atoms with Crippen LogP contribution in [0.5, 0.6) is 0 Å². The Hall–Kier alpha value is -2.28. The predicted octanol–water partition coefficient (Wildman–Crippen LogP) is 0.648. The molecule has 7 heteroatoms. The van der Waals surface area contributed by atoms with Crippen molar-refractivity contribution in [1.29, 1.82) is 0 Å². The summed E-state index contributed by atoms with van der Waals surface area (Å²) in [6.45, 7) is 4.05. The Bertz CT molecular complexity index is 748. The van der Waals surface area contributed by atoms with Gasteiger partial charge < -0.3 is 25.3 Å². The molecule has 4 N–H and O–H groups in total. The number of fused-ring (bicyclic) bond motifs is 1. The van der Waals surface area contributed by atoms with Gasteiger partial charge >= 0.3 is 11.1 Å². The lowest BCUT2D eigenvalue weighted by Gasteiger charge is -2.12. The Kier molecular flexibility index (Phi) is 4.64. The predicted molar refractivity (Wildman–Crippen MR) is 83.8 cm³/mol. The number of nitrogen functional groups attached to an aromatic ring is 1. The maximum Gasteiger partial charge on any atom is 0.316 e. The standard InChI is InChI=1S/C14H20N4O3/c1-3-21-6-4-5-16-10-8-12-11(7-9(10)15)17-13(19)14(20)18(12)2/h7-8,16H,3-6,15H2,1-2H3,(H,17,19). The van der Waals surface area contributed by atoms with E-state index in [1.165, 1.54) is 4.57 Å². The highest BCUT2D eigenvalue weighted by Gasteiger charge is 2.08. The average Bonchev–Trinajstić information content (AvgIpc) is 2.46. The number of ether oxygens (including phenoxy) is 1. The minimum Gasteiger partial charge on any atom is -0.397 e. The number of nitrogens with zero attached hydrogens (tertiary/aromatic N) is 1. The van der Waals surface area contributed by atoms with Crippen molar-refractivity contribution in [2.24, 2.45) is 7.05 Å². The minimum atomic E-state index is -0.651. The normalized spacial score (nSPS) is 11.0. The topological polar surface area (TPSA) is 102 Å². The van der Waals surface area contributed by atoms with E-state index in [2.05, 4.69) is 10.3 Å². The summed E-state index contributed by atoms with van der Waals surface area (Å²) in [5.41, 5.74) is 7.15. The summed E-state index contributed by atoms with van der Waals surface area (Å²) in [5, 5.41) is 3.21. The average molecular weight is 292 g/mol. The maximum absolute atomic E-state index is 11.7. The van der Waals surface area contributed by atoms with Gasteiger partial charge in [0.25, 0.3) is 0 Å². The highest BCUT2D eigenvalue weighted by atomic mass is 16.5. The van der Waals surface area contributed by atoms with Crippen LogP contribution in [0.2, 0.25) is 0 Å². The molecule has 0 saturated heterocycles. The molecule has 0 radical (unpaired) electrons. The van der Waals surface area contributed by atoms with E-state index in [0.29, 0.717) is 36.5 Å². The smallest absolute Gasteiger partial charge is 0.316 e. The highest BCUT2D eigenvalue weighted by molar-refractivity contribution is 5.86. The molecule has 1 aromatic heterocycles. The number of aromatic amines is 1. The molecule has 0 bridgehead atoms. The molecule has 114 valence electrons. The lowest BCUT2D eigenvalue weighted by atomic mass is 10.2. The molecule has 0 aliphatic rings. The Morgan fingerprint density at radius 3 is 2.86 bits per heavy atom. The number of anilines is 2. The van der Waals surface area contributed by atoms with Gasteiger partial charge in [0, 0.05) is 26.8 Å². The summed E-state index contributed by atoms with van der Waals surface area (Å²) in [6, 6.07) is 3.42. The number of rotatable bonds is 6. The number of aromatic nitrogens is 2. The van der Waals surface area contributed by atoms with Crippen molar-refractivity contribution in [2.45, 2.75) is 13.3 Å². The molecule has 0 atom stereocenters. The van der Waals surface area contributed by atoms with Crippen LogP contribution >= 0.6 is 0 Å². The molecule has 21 heavy (non-hydrogen) atoms. The maximum atomic E-state index is 11.7. The van der Waals surface area contributed by atoms with Crippen molar-refractivity contribution in [3.63, 3.8) is 0 Å². The first-order valence-electron chi connectivity index (χ1n) is 6.88. The SMILES string of the molecule is CCOCCCNc1cc2c(cc1N)[nH]c(=O)c(=O)n2C. The molecule has 0 unspecified atom stereocenters. The lowest BCUT2D eigenvalue weighted by molar-refractivity contribution is 0.147. The molecule has 0 amide bonds. The number of aryl methyl sites for hydroxylation is 1. The fraction of sp³-hybridized carbons (Fsp3) is 0.429. The minimum absolute atomic E-state index is 0.521. The van der Waals surface area contributed by atoms with E-state index in [-0.39, 0.29) is 0 Å². The van der Waals surface area contributed by atoms with Crippen molar-refractivity contribution < 1.29 is 4.74 Å². The van der Waals surface area contributed by atoms with E-state index in [1.54, 1.807) is 19.2 Å². The molecule has 0 spiro atoms. The first-order chi connectivity index (χ1) is 10.0. The molecule has 0 saturated carbocycles. The van der Waals surface area contributed by atoms with E-state index in [1.807, 2.05) is 6.92 Å². The van der Waals surface area contributed by atoms with Gasteiger partial charge in [-0.15, -0.1) is 0 Å². The summed E-state index contributed by atoms with van der Waals surface area (Å²) in [7, 11) is 1.56. The fourth-order valence-electron chi connectivity index (χ4n) is 2.11. The lowest BCUT2D eigenvalue weighted by Crippen LogP contribution is -2.34. The van der Waals surface area contributed by atoms with Gasteiger partial charge in [-0.1, -0.05) is 0 Å². The molecular formula is C14H20N4O3. The Morgan fingerprint density at radius 2 is 2.14 bits per heavy atom. The van der Waals surface area contributed by atoms with Gasteiger partial charge in [0.2, 0.25) is 0 Å². The zero-order valence-electron chi connectivity index (χ0n) is 12.2. The number of benzene rings is 1. The van der Waals surface area contributed by atoms with Crippen molar-refractivity contribution in [2.75, 3.05) is 30.8 Å². The zero-order chi connectivity index (χ0) is 15.4. The third-order valence-corrected chi connectivity index (χ3v) is 3.26. The van der Waals surface area contributed by atoms with Crippen LogP contribution in [0, 0.1) is 0 Å². The van der Waals surface area contributed by atoms with E-state index in [9.17, 15) is 9.59 Å². The van der Waals surface area contributed by atoms with Gasteiger partial charge in [0.15, 0.2) is 0 Å². The van der Waals surface area contributed by atoms with Gasteiger partial charge in [-0.2, -0.15) is 0 Å². The summed E-state index contributed by atoms with van der Waals surface area (Å²) in [4.78, 5) is 25.7. The van der Waals surface area contributed by atoms with E-state index >= 15 is 0 Å². The molecule has 1 aromatic carbocycles. The van der Waals surface area contributed by atoms with Crippen molar-refractivity contribution in [3.05, 3.63) is 32.8 Å². The van der Waals surface area contributed by atoms with E-state index in [4.69, 9.17) is 10.5 Å². The van der Waals surface area contributed by atoms with Crippen molar-refractivity contribution in [3.8, 4) is 0 Å². The first kappa shape index (κ1) is 15.1. The number of H-pyrrole nitrogens is 1. The summed E-state index contributed by atoms with van der Waals surface area (Å²) >= 11 is 0. The number of nitrogens with two attached hydrogens (primary N) is 1. The van der Waals surface area contributed by atoms with Crippen LogP contribution in [-0.4, -0.2) is 29.3 Å². The molecule has 0 fully saturated rings. The highest BCUT2D eigenvalue weighted by Crippen LogP contribution is 2.23. The second-order valence-corrected chi connectivity index (χ2v) is 4.75. The number of hydrogen-bond donors (Lipinski definition) is 3. The first-order valence-corrected chi connectivity index (χ1v) is 6.88. The van der Waals surface area contributed by atoms with Gasteiger partial charge in [-0.3, -0.25) is 9.59 Å². The number of hydrogen-bond acceptors (Lipinski definition) is 5. The molecular weight excluding hydrogens is 272 g/mol. The third kappa shape index (κ3) is 3.25. The molecule has 0 aliphatic carbocycles. The summed E-state index contributed by atoms with van der Waals surface area (Å²) in [5.74, 6) is 0. The molecule has 7 nitrogen and oxygen atoms in total. The summed E-state index contributed by atoms with van der Waals surface area (Å²) < 4.78 is 6.58. The Labute approximate surface area is 121 Å². The van der Waals surface area contributed by atoms with Gasteiger partial charge in [0.05, 0.1) is 22.4 Å². The van der Waals surface area contributed by atoms with Crippen molar-refractivity contribution >= 4 is 22.4 Å². The van der Waals surface area contributed by atoms with E-state index in [0.717, 1.165) is 12.1 Å². The Morgan fingerprint density at radius 1 is 1.38 bits per heavy atom. The third-order valence-electron chi connectivity index (χ3n) is 3.26. The second kappa shape index (κ2) is 6.45. The van der Waals surface area contributed by atoms with Crippen LogP contribution in [0.3, 0.4) is 0 Å². The van der Waals surface area contributed by atoms with Crippen LogP contribution in [0.25, 0.3) is 11.0 Å². The molecule has 1 heterocycles. The van der Waals surface area contributed by atoms with Crippen LogP contribution in [0.15, 0.2) is 21.7 Å². The Balaban J connectivity index is 2.27. The largest absolute Gasteiger partial charge is 0.397 e. The van der Waals surface area contributed by atoms with Gasteiger partial charge in [0.1, 0.15) is 0 Å². The van der Waals surface area contributed by atoms with Gasteiger partial charge in [-0.05, 0) is 25.5 Å². The summed E-state index contributed by atoms with van der Waals surface area (Å²) in [6.07, 6.45) is 0.857. The number of nitrogens with one attached hydrogen (secondary N) is 2. The quantitative estimate of drug-likeness (QED) is 0.412. The van der Waals surface area contributed by atoms with Crippen LogP contribution in [0.1, 0.15) is 13.3 Å².